The molecule has 0 aliphatic rings. The largest absolute Gasteiger partial charge is 0.530 e. The van der Waals surface area contributed by atoms with E-state index in [1.807, 2.05) is 0 Å². The van der Waals surface area contributed by atoms with Crippen molar-refractivity contribution in [2.24, 2.45) is 0 Å². The van der Waals surface area contributed by atoms with E-state index in [9.17, 15) is 0 Å². The minimum atomic E-state index is -2.06. The molecule has 0 saturated carbocycles. The number of aryl methyl sites for hydroxylation is 3. The van der Waals surface area contributed by atoms with Crippen LogP contribution in [0.2, 0.25) is 0 Å². The number of rotatable bonds is 12. The molecule has 338 valence electrons. The summed E-state index contributed by atoms with van der Waals surface area (Å²) < 4.78 is 21.9. The number of hydrogen-bond acceptors (Lipinski definition) is 3. The SMILES string of the molecule is Cc1cc(OP(Oc2cc(C)c(C(C)(C)c3ccccc3)cc2C(C)(C)C)Oc2cc(C)c(C(C)(C)c3ccccc3)cc2C(C)(C)C)c(C(C)(C)C)cc1C(C)(C)c1ccccc1. The van der Waals surface area contributed by atoms with Gasteiger partial charge in [0, 0.05) is 32.9 Å². The molecule has 6 rings (SSSR count). The van der Waals surface area contributed by atoms with E-state index in [2.05, 4.69) is 252 Å². The van der Waals surface area contributed by atoms with Gasteiger partial charge in [-0.1, -0.05) is 213 Å². The first kappa shape index (κ1) is 48.6. The van der Waals surface area contributed by atoms with Gasteiger partial charge in [-0.15, -0.1) is 0 Å². The minimum Gasteiger partial charge on any atom is -0.408 e. The van der Waals surface area contributed by atoms with E-state index in [1.54, 1.807) is 0 Å². The van der Waals surface area contributed by atoms with E-state index >= 15 is 0 Å². The molecule has 6 aromatic rings. The maximum atomic E-state index is 7.30. The molecule has 4 heteroatoms. The summed E-state index contributed by atoms with van der Waals surface area (Å²) in [5.41, 5.74) is 13.0. The molecule has 0 aliphatic carbocycles. The van der Waals surface area contributed by atoms with E-state index in [0.29, 0.717) is 0 Å². The van der Waals surface area contributed by atoms with Gasteiger partial charge >= 0.3 is 8.60 Å². The second-order valence-corrected chi connectivity index (χ2v) is 23.7. The molecule has 6 aromatic carbocycles. The molecule has 3 nitrogen and oxygen atoms in total. The Morgan fingerprint density at radius 3 is 0.719 bits per heavy atom. The Bertz CT molecular complexity index is 2280. The van der Waals surface area contributed by atoms with Crippen LogP contribution in [0.3, 0.4) is 0 Å². The Balaban J connectivity index is 1.55. The van der Waals surface area contributed by atoms with Gasteiger partial charge in [-0.2, -0.15) is 0 Å². The average molecular weight is 875 g/mol. The van der Waals surface area contributed by atoms with Gasteiger partial charge in [0.2, 0.25) is 0 Å². The van der Waals surface area contributed by atoms with Crippen molar-refractivity contribution in [1.29, 1.82) is 0 Å². The fraction of sp³-hybridized carbons (Fsp3) is 0.400. The van der Waals surface area contributed by atoms with Crippen molar-refractivity contribution in [1.82, 2.24) is 0 Å². The molecular formula is C60H75O3P. The van der Waals surface area contributed by atoms with Crippen molar-refractivity contribution < 1.29 is 13.6 Å². The van der Waals surface area contributed by atoms with E-state index in [-0.39, 0.29) is 32.5 Å². The lowest BCUT2D eigenvalue weighted by Gasteiger charge is -2.34. The lowest BCUT2D eigenvalue weighted by atomic mass is 9.73. The van der Waals surface area contributed by atoms with Crippen molar-refractivity contribution in [3.8, 4) is 17.2 Å². The van der Waals surface area contributed by atoms with Crippen LogP contribution in [0.15, 0.2) is 127 Å². The first-order chi connectivity index (χ1) is 29.6. The monoisotopic (exact) mass is 875 g/mol. The second-order valence-electron chi connectivity index (χ2n) is 22.7. The lowest BCUT2D eigenvalue weighted by molar-refractivity contribution is 0.371. The summed E-state index contributed by atoms with van der Waals surface area (Å²) in [6.45, 7) is 40.8. The smallest absolute Gasteiger partial charge is 0.408 e. The molecule has 0 aliphatic heterocycles. The highest BCUT2D eigenvalue weighted by Crippen LogP contribution is 2.52. The van der Waals surface area contributed by atoms with Crippen LogP contribution in [0, 0.1) is 20.8 Å². The first-order valence-corrected chi connectivity index (χ1v) is 24.2. The summed E-state index contributed by atoms with van der Waals surface area (Å²) in [7, 11) is -2.06. The van der Waals surface area contributed by atoms with Crippen molar-refractivity contribution in [3.63, 3.8) is 0 Å². The zero-order chi connectivity index (χ0) is 47.2. The normalized spacial score (nSPS) is 13.0. The minimum absolute atomic E-state index is 0.232. The predicted octanol–water partition coefficient (Wildman–Crippen LogP) is 17.2. The predicted molar refractivity (Wildman–Crippen MR) is 274 cm³/mol. The molecule has 0 spiro atoms. The maximum absolute atomic E-state index is 7.30. The Labute approximate surface area is 389 Å². The summed E-state index contributed by atoms with van der Waals surface area (Å²) in [5.74, 6) is 2.32. The van der Waals surface area contributed by atoms with Gasteiger partial charge in [-0.05, 0) is 105 Å². The highest BCUT2D eigenvalue weighted by Gasteiger charge is 2.36. The van der Waals surface area contributed by atoms with E-state index in [4.69, 9.17) is 13.6 Å². The summed E-state index contributed by atoms with van der Waals surface area (Å²) in [6, 6.07) is 46.1. The van der Waals surface area contributed by atoms with E-state index in [0.717, 1.165) is 50.6 Å². The third-order valence-electron chi connectivity index (χ3n) is 13.4. The summed E-state index contributed by atoms with van der Waals surface area (Å²) in [4.78, 5) is 0. The fourth-order valence-corrected chi connectivity index (χ4v) is 10.4. The van der Waals surface area contributed by atoms with Gasteiger partial charge in [-0.3, -0.25) is 0 Å². The van der Waals surface area contributed by atoms with Crippen LogP contribution < -0.4 is 13.6 Å². The molecule has 0 radical (unpaired) electrons. The molecule has 64 heavy (non-hydrogen) atoms. The molecule has 0 amide bonds. The van der Waals surface area contributed by atoms with Crippen LogP contribution in [0.4, 0.5) is 0 Å². The Morgan fingerprint density at radius 2 is 0.516 bits per heavy atom. The Morgan fingerprint density at radius 1 is 0.297 bits per heavy atom. The molecule has 0 atom stereocenters. The van der Waals surface area contributed by atoms with Crippen LogP contribution in [0.1, 0.15) is 171 Å². The Kier molecular flexibility index (Phi) is 13.6. The summed E-state index contributed by atoms with van der Waals surface area (Å²) in [6.07, 6.45) is 0. The Hall–Kier alpha value is -4.85. The highest BCUT2D eigenvalue weighted by atomic mass is 31.2. The maximum Gasteiger partial charge on any atom is 0.530 e. The van der Waals surface area contributed by atoms with Gasteiger partial charge in [0.25, 0.3) is 0 Å². The zero-order valence-corrected chi connectivity index (χ0v) is 43.2. The van der Waals surface area contributed by atoms with E-state index < -0.39 is 8.60 Å². The molecule has 0 N–H and O–H groups in total. The van der Waals surface area contributed by atoms with Gasteiger partial charge in [0.15, 0.2) is 0 Å². The van der Waals surface area contributed by atoms with Gasteiger partial charge in [-0.25, -0.2) is 0 Å². The topological polar surface area (TPSA) is 27.7 Å². The number of benzene rings is 6. The standard InChI is InChI=1S/C60H75O3P/c1-40-34-52(49(55(4,5)6)37-46(40)58(13,14)43-28-22-19-23-29-43)61-64(62-53-35-41(2)47(38-50(53)56(7,8)9)59(15,16)44-30-24-20-25-31-44)63-54-36-42(3)48(39-51(54)57(10,11)12)60(17,18)45-32-26-21-27-33-45/h19-39H,1-18H3. The van der Waals surface area contributed by atoms with E-state index in [1.165, 1.54) is 33.4 Å². The average Bonchev–Trinajstić information content (AvgIpc) is 3.20. The van der Waals surface area contributed by atoms with Crippen LogP contribution in [-0.2, 0) is 32.5 Å². The van der Waals surface area contributed by atoms with Crippen LogP contribution in [0.5, 0.6) is 17.2 Å². The van der Waals surface area contributed by atoms with Crippen molar-refractivity contribution in [3.05, 3.63) is 194 Å². The molecule has 0 aromatic heterocycles. The molecular weight excluding hydrogens is 800 g/mol. The fourth-order valence-electron chi connectivity index (χ4n) is 9.38. The highest BCUT2D eigenvalue weighted by molar-refractivity contribution is 7.43. The van der Waals surface area contributed by atoms with Crippen LogP contribution in [-0.4, -0.2) is 0 Å². The molecule has 0 bridgehead atoms. The third-order valence-corrected chi connectivity index (χ3v) is 14.5. The zero-order valence-electron chi connectivity index (χ0n) is 42.3. The van der Waals surface area contributed by atoms with Crippen LogP contribution in [0.25, 0.3) is 0 Å². The number of hydrogen-bond donors (Lipinski definition) is 0. The first-order valence-electron chi connectivity index (χ1n) is 23.1. The van der Waals surface area contributed by atoms with Crippen LogP contribution >= 0.6 is 8.60 Å². The summed E-state index contributed by atoms with van der Waals surface area (Å²) >= 11 is 0. The van der Waals surface area contributed by atoms with Gasteiger partial charge < -0.3 is 13.6 Å². The van der Waals surface area contributed by atoms with Crippen molar-refractivity contribution in [2.45, 2.75) is 157 Å². The lowest BCUT2D eigenvalue weighted by Crippen LogP contribution is -2.24. The van der Waals surface area contributed by atoms with Crippen molar-refractivity contribution >= 4 is 8.60 Å². The summed E-state index contributed by atoms with van der Waals surface area (Å²) in [5, 5.41) is 0. The quantitative estimate of drug-likeness (QED) is 0.115. The molecule has 0 heterocycles. The van der Waals surface area contributed by atoms with Gasteiger partial charge in [0.05, 0.1) is 0 Å². The second kappa shape index (κ2) is 17.9. The molecule has 0 unspecified atom stereocenters. The van der Waals surface area contributed by atoms with Gasteiger partial charge in [0.1, 0.15) is 17.2 Å². The molecule has 0 fully saturated rings. The molecule has 0 saturated heterocycles. The van der Waals surface area contributed by atoms with Crippen molar-refractivity contribution in [2.75, 3.05) is 0 Å². The third kappa shape index (κ3) is 10.2.